The van der Waals surface area contributed by atoms with Crippen LogP contribution in [-0.2, 0) is 6.61 Å². The van der Waals surface area contributed by atoms with Crippen LogP contribution < -0.4 is 15.0 Å². The number of hydrogen-bond donors (Lipinski definition) is 1. The molecule has 26 heavy (non-hydrogen) atoms. The Morgan fingerprint density at radius 1 is 1.23 bits per heavy atom. The summed E-state index contributed by atoms with van der Waals surface area (Å²) in [4.78, 5) is 15.6. The molecule has 3 aromatic rings. The SMILES string of the molecule is CC(C)c1cc(Oc2c(Cl)cc(OCc3ncon3)cc2Cl)n[nH]c1=O. The maximum atomic E-state index is 11.8. The first-order valence-corrected chi connectivity index (χ1v) is 8.34. The van der Waals surface area contributed by atoms with Gasteiger partial charge in [-0.2, -0.15) is 4.98 Å². The van der Waals surface area contributed by atoms with Crippen molar-refractivity contribution in [1.29, 1.82) is 0 Å². The molecule has 0 amide bonds. The van der Waals surface area contributed by atoms with Gasteiger partial charge in [-0.05, 0) is 5.92 Å². The van der Waals surface area contributed by atoms with Crippen molar-refractivity contribution in [2.45, 2.75) is 26.4 Å². The molecule has 0 aliphatic carbocycles. The van der Waals surface area contributed by atoms with E-state index in [-0.39, 0.29) is 39.8 Å². The van der Waals surface area contributed by atoms with Crippen LogP contribution in [0.25, 0.3) is 0 Å². The fourth-order valence-electron chi connectivity index (χ4n) is 2.11. The van der Waals surface area contributed by atoms with Crippen LogP contribution in [0.4, 0.5) is 0 Å². The smallest absolute Gasteiger partial charge is 0.267 e. The minimum absolute atomic E-state index is 0.0101. The number of ether oxygens (including phenoxy) is 2. The maximum absolute atomic E-state index is 11.8. The van der Waals surface area contributed by atoms with Crippen LogP contribution >= 0.6 is 23.2 Å². The molecule has 1 N–H and O–H groups in total. The second kappa shape index (κ2) is 7.76. The summed E-state index contributed by atoms with van der Waals surface area (Å²) in [6.45, 7) is 3.89. The van der Waals surface area contributed by atoms with Gasteiger partial charge in [0, 0.05) is 23.8 Å². The van der Waals surface area contributed by atoms with E-state index in [4.69, 9.17) is 32.7 Å². The molecular weight excluding hydrogens is 383 g/mol. The molecule has 10 heteroatoms. The van der Waals surface area contributed by atoms with Crippen molar-refractivity contribution < 1.29 is 14.0 Å². The first kappa shape index (κ1) is 18.2. The average molecular weight is 397 g/mol. The Morgan fingerprint density at radius 2 is 1.96 bits per heavy atom. The summed E-state index contributed by atoms with van der Waals surface area (Å²) in [6, 6.07) is 4.63. The van der Waals surface area contributed by atoms with E-state index in [0.29, 0.717) is 17.1 Å². The Balaban J connectivity index is 1.80. The highest BCUT2D eigenvalue weighted by Crippen LogP contribution is 2.39. The largest absolute Gasteiger partial charge is 0.485 e. The van der Waals surface area contributed by atoms with E-state index in [2.05, 4.69) is 24.9 Å². The maximum Gasteiger partial charge on any atom is 0.267 e. The molecule has 0 atom stereocenters. The summed E-state index contributed by atoms with van der Waals surface area (Å²) in [5.41, 5.74) is 0.275. The summed E-state index contributed by atoms with van der Waals surface area (Å²) in [6.07, 6.45) is 1.21. The quantitative estimate of drug-likeness (QED) is 0.672. The molecule has 0 unspecified atom stereocenters. The first-order valence-electron chi connectivity index (χ1n) is 7.58. The number of nitrogens with one attached hydrogen (secondary N) is 1. The third-order valence-corrected chi connectivity index (χ3v) is 3.95. The van der Waals surface area contributed by atoms with E-state index in [1.165, 1.54) is 18.5 Å². The number of halogens is 2. The molecule has 0 radical (unpaired) electrons. The van der Waals surface area contributed by atoms with E-state index < -0.39 is 0 Å². The lowest BCUT2D eigenvalue weighted by atomic mass is 10.1. The number of aromatic nitrogens is 4. The van der Waals surface area contributed by atoms with Crippen LogP contribution in [-0.4, -0.2) is 20.3 Å². The molecule has 136 valence electrons. The minimum Gasteiger partial charge on any atom is -0.485 e. The topological polar surface area (TPSA) is 103 Å². The van der Waals surface area contributed by atoms with Gasteiger partial charge in [-0.15, -0.1) is 5.10 Å². The standard InChI is InChI=1S/C16H14Cl2N4O4/c1-8(2)10-5-14(20-21-16(10)23)26-15-11(17)3-9(4-12(15)18)24-6-13-19-7-25-22-13/h3-5,7-8H,6H2,1-2H3,(H,21,23). The number of hydrogen-bond acceptors (Lipinski definition) is 7. The lowest BCUT2D eigenvalue weighted by molar-refractivity contribution is 0.286. The van der Waals surface area contributed by atoms with Gasteiger partial charge in [0.25, 0.3) is 5.56 Å². The zero-order valence-corrected chi connectivity index (χ0v) is 15.3. The molecule has 0 spiro atoms. The van der Waals surface area contributed by atoms with Gasteiger partial charge >= 0.3 is 0 Å². The fourth-order valence-corrected chi connectivity index (χ4v) is 2.65. The van der Waals surface area contributed by atoms with Crippen molar-refractivity contribution in [2.24, 2.45) is 0 Å². The van der Waals surface area contributed by atoms with Crippen molar-refractivity contribution in [3.63, 3.8) is 0 Å². The van der Waals surface area contributed by atoms with Crippen molar-refractivity contribution in [1.82, 2.24) is 20.3 Å². The molecule has 0 fully saturated rings. The van der Waals surface area contributed by atoms with E-state index in [0.717, 1.165) is 0 Å². The predicted octanol–water partition coefficient (Wildman–Crippen LogP) is 3.95. The minimum atomic E-state index is -0.269. The zero-order chi connectivity index (χ0) is 18.7. The molecule has 2 heterocycles. The Morgan fingerprint density at radius 3 is 2.58 bits per heavy atom. The van der Waals surface area contributed by atoms with Crippen LogP contribution in [0, 0.1) is 0 Å². The fraction of sp³-hybridized carbons (Fsp3) is 0.250. The molecule has 8 nitrogen and oxygen atoms in total. The highest BCUT2D eigenvalue weighted by Gasteiger charge is 2.15. The number of rotatable bonds is 6. The van der Waals surface area contributed by atoms with E-state index in [9.17, 15) is 4.79 Å². The Kier molecular flexibility index (Phi) is 5.43. The Labute approximate surface area is 158 Å². The number of aromatic amines is 1. The molecule has 0 aliphatic heterocycles. The first-order chi connectivity index (χ1) is 12.4. The molecule has 2 aromatic heterocycles. The molecular formula is C16H14Cl2N4O4. The summed E-state index contributed by atoms with van der Waals surface area (Å²) in [5.74, 6) is 1.19. The Hall–Kier alpha value is -2.58. The molecule has 0 bridgehead atoms. The highest BCUT2D eigenvalue weighted by atomic mass is 35.5. The summed E-state index contributed by atoms with van der Waals surface area (Å²) in [7, 11) is 0. The van der Waals surface area contributed by atoms with Crippen LogP contribution in [0.1, 0.15) is 31.2 Å². The molecule has 3 rings (SSSR count). The van der Waals surface area contributed by atoms with Gasteiger partial charge in [0.1, 0.15) is 5.75 Å². The summed E-state index contributed by atoms with van der Waals surface area (Å²) >= 11 is 12.5. The average Bonchev–Trinajstić information content (AvgIpc) is 3.11. The molecule has 0 aliphatic rings. The highest BCUT2D eigenvalue weighted by molar-refractivity contribution is 6.37. The van der Waals surface area contributed by atoms with Gasteiger partial charge in [0.2, 0.25) is 18.1 Å². The van der Waals surface area contributed by atoms with Crippen molar-refractivity contribution in [3.8, 4) is 17.4 Å². The van der Waals surface area contributed by atoms with Crippen LogP contribution in [0.15, 0.2) is 33.9 Å². The van der Waals surface area contributed by atoms with Crippen LogP contribution in [0.2, 0.25) is 10.0 Å². The summed E-state index contributed by atoms with van der Waals surface area (Å²) < 4.78 is 15.8. The van der Waals surface area contributed by atoms with E-state index in [1.54, 1.807) is 6.07 Å². The van der Waals surface area contributed by atoms with Crippen molar-refractivity contribution in [2.75, 3.05) is 0 Å². The molecule has 0 saturated heterocycles. The molecule has 1 aromatic carbocycles. The van der Waals surface area contributed by atoms with Gasteiger partial charge in [0.15, 0.2) is 12.4 Å². The normalized spacial score (nSPS) is 11.0. The van der Waals surface area contributed by atoms with Gasteiger partial charge < -0.3 is 14.0 Å². The number of benzene rings is 1. The van der Waals surface area contributed by atoms with Gasteiger partial charge in [-0.1, -0.05) is 42.2 Å². The van der Waals surface area contributed by atoms with E-state index >= 15 is 0 Å². The molecule has 0 saturated carbocycles. The Bertz CT molecular complexity index is 934. The second-order valence-corrected chi connectivity index (χ2v) is 6.41. The number of H-pyrrole nitrogens is 1. The second-order valence-electron chi connectivity index (χ2n) is 5.60. The van der Waals surface area contributed by atoms with Crippen molar-refractivity contribution >= 4 is 23.2 Å². The monoisotopic (exact) mass is 396 g/mol. The van der Waals surface area contributed by atoms with Gasteiger partial charge in [-0.25, -0.2) is 5.10 Å². The number of nitrogens with zero attached hydrogens (tertiary/aromatic N) is 3. The van der Waals surface area contributed by atoms with Crippen molar-refractivity contribution in [3.05, 3.63) is 56.4 Å². The lowest BCUT2D eigenvalue weighted by Gasteiger charge is -2.12. The van der Waals surface area contributed by atoms with E-state index in [1.807, 2.05) is 13.8 Å². The third-order valence-electron chi connectivity index (χ3n) is 3.38. The third kappa shape index (κ3) is 4.14. The predicted molar refractivity (Wildman–Crippen MR) is 94.1 cm³/mol. The zero-order valence-electron chi connectivity index (χ0n) is 13.8. The van der Waals surface area contributed by atoms with Crippen LogP contribution in [0.3, 0.4) is 0 Å². The van der Waals surface area contributed by atoms with Gasteiger partial charge in [0.05, 0.1) is 10.0 Å². The van der Waals surface area contributed by atoms with Gasteiger partial charge in [-0.3, -0.25) is 4.79 Å². The lowest BCUT2D eigenvalue weighted by Crippen LogP contribution is -2.15. The summed E-state index contributed by atoms with van der Waals surface area (Å²) in [5, 5.41) is 10.3. The van der Waals surface area contributed by atoms with Crippen LogP contribution in [0.5, 0.6) is 17.4 Å².